The third-order valence-electron chi connectivity index (χ3n) is 3.34. The van der Waals surface area contributed by atoms with E-state index < -0.39 is 10.0 Å². The van der Waals surface area contributed by atoms with E-state index >= 15 is 0 Å². The first-order valence-electron chi connectivity index (χ1n) is 7.21. The topological polar surface area (TPSA) is 58.2 Å². The predicted molar refractivity (Wildman–Crippen MR) is 88.2 cm³/mol. The number of hydrogen-bond donors (Lipinski definition) is 2. The van der Waals surface area contributed by atoms with E-state index in [1.54, 1.807) is 6.07 Å². The molecule has 1 aromatic rings. The average Bonchev–Trinajstić information content (AvgIpc) is 2.38. The van der Waals surface area contributed by atoms with Crippen molar-refractivity contribution < 1.29 is 8.42 Å². The molecule has 1 aromatic carbocycles. The molecule has 0 radical (unpaired) electrons. The lowest BCUT2D eigenvalue weighted by atomic mass is 10.1. The standard InChI is InChI=1S/C15H25ClN2O2S/c1-11(2)6-5-7-18-21(19,20)15-9-14(16)8-13(10-17-4)12(15)3/h8-9,11,17-18H,5-7,10H2,1-4H3. The number of rotatable bonds is 8. The second-order valence-electron chi connectivity index (χ2n) is 5.65. The largest absolute Gasteiger partial charge is 0.316 e. The van der Waals surface area contributed by atoms with Crippen LogP contribution in [0.3, 0.4) is 0 Å². The molecule has 0 aliphatic rings. The predicted octanol–water partition coefficient (Wildman–Crippen LogP) is 3.08. The van der Waals surface area contributed by atoms with E-state index in [0.717, 1.165) is 24.0 Å². The minimum Gasteiger partial charge on any atom is -0.316 e. The summed E-state index contributed by atoms with van der Waals surface area (Å²) in [7, 11) is -1.70. The van der Waals surface area contributed by atoms with Gasteiger partial charge in [-0.2, -0.15) is 0 Å². The molecule has 0 atom stereocenters. The van der Waals surface area contributed by atoms with Crippen molar-refractivity contribution in [3.63, 3.8) is 0 Å². The summed E-state index contributed by atoms with van der Waals surface area (Å²) in [6.07, 6.45) is 1.84. The number of halogens is 1. The maximum absolute atomic E-state index is 12.4. The molecule has 0 spiro atoms. The molecule has 0 saturated carbocycles. The van der Waals surface area contributed by atoms with Crippen LogP contribution in [-0.2, 0) is 16.6 Å². The Morgan fingerprint density at radius 3 is 2.52 bits per heavy atom. The highest BCUT2D eigenvalue weighted by molar-refractivity contribution is 7.89. The van der Waals surface area contributed by atoms with Crippen LogP contribution in [0, 0.1) is 12.8 Å². The first kappa shape index (κ1) is 18.4. The summed E-state index contributed by atoms with van der Waals surface area (Å²) in [5, 5.41) is 3.46. The molecule has 4 nitrogen and oxygen atoms in total. The molecular weight excluding hydrogens is 308 g/mol. The van der Waals surface area contributed by atoms with Gasteiger partial charge in [-0.05, 0) is 56.0 Å². The monoisotopic (exact) mass is 332 g/mol. The Balaban J connectivity index is 2.92. The third-order valence-corrected chi connectivity index (χ3v) is 5.14. The summed E-state index contributed by atoms with van der Waals surface area (Å²) >= 11 is 6.05. The van der Waals surface area contributed by atoms with Crippen LogP contribution in [0.15, 0.2) is 17.0 Å². The lowest BCUT2D eigenvalue weighted by molar-refractivity contribution is 0.539. The fourth-order valence-electron chi connectivity index (χ4n) is 2.16. The molecule has 0 aliphatic carbocycles. The van der Waals surface area contributed by atoms with Crippen molar-refractivity contribution >= 4 is 21.6 Å². The molecule has 0 bridgehead atoms. The first-order valence-corrected chi connectivity index (χ1v) is 9.07. The second-order valence-corrected chi connectivity index (χ2v) is 7.82. The van der Waals surface area contributed by atoms with Crippen molar-refractivity contribution in [1.82, 2.24) is 10.0 Å². The van der Waals surface area contributed by atoms with Crippen LogP contribution in [0.5, 0.6) is 0 Å². The zero-order chi connectivity index (χ0) is 16.0. The second kappa shape index (κ2) is 8.13. The lowest BCUT2D eigenvalue weighted by Gasteiger charge is -2.14. The van der Waals surface area contributed by atoms with Gasteiger partial charge in [0.25, 0.3) is 0 Å². The van der Waals surface area contributed by atoms with Gasteiger partial charge in [0.05, 0.1) is 4.90 Å². The average molecular weight is 333 g/mol. The third kappa shape index (κ3) is 5.58. The molecular formula is C15H25ClN2O2S. The van der Waals surface area contributed by atoms with Gasteiger partial charge in [0.2, 0.25) is 10.0 Å². The highest BCUT2D eigenvalue weighted by Gasteiger charge is 2.19. The zero-order valence-electron chi connectivity index (χ0n) is 13.2. The van der Waals surface area contributed by atoms with Crippen molar-refractivity contribution in [2.24, 2.45) is 5.92 Å². The summed E-state index contributed by atoms with van der Waals surface area (Å²) < 4.78 is 27.5. The molecule has 0 saturated heterocycles. The molecule has 0 unspecified atom stereocenters. The van der Waals surface area contributed by atoms with Crippen LogP contribution in [0.2, 0.25) is 5.02 Å². The molecule has 6 heteroatoms. The summed E-state index contributed by atoms with van der Waals surface area (Å²) in [6.45, 7) is 7.10. The van der Waals surface area contributed by atoms with Crippen LogP contribution in [0.4, 0.5) is 0 Å². The van der Waals surface area contributed by atoms with Gasteiger partial charge in [-0.1, -0.05) is 25.4 Å². The fraction of sp³-hybridized carbons (Fsp3) is 0.600. The molecule has 0 amide bonds. The first-order chi connectivity index (χ1) is 9.77. The molecule has 120 valence electrons. The van der Waals surface area contributed by atoms with Crippen molar-refractivity contribution in [3.8, 4) is 0 Å². The van der Waals surface area contributed by atoms with Gasteiger partial charge in [-0.3, -0.25) is 0 Å². The zero-order valence-corrected chi connectivity index (χ0v) is 14.7. The van der Waals surface area contributed by atoms with Gasteiger partial charge in [-0.15, -0.1) is 0 Å². The Kier molecular flexibility index (Phi) is 7.13. The maximum atomic E-state index is 12.4. The summed E-state index contributed by atoms with van der Waals surface area (Å²) in [6, 6.07) is 3.31. The van der Waals surface area contributed by atoms with E-state index in [1.165, 1.54) is 6.07 Å². The van der Waals surface area contributed by atoms with Gasteiger partial charge < -0.3 is 5.32 Å². The van der Waals surface area contributed by atoms with E-state index in [2.05, 4.69) is 23.9 Å². The van der Waals surface area contributed by atoms with Crippen LogP contribution < -0.4 is 10.0 Å². The number of benzene rings is 1. The minimum atomic E-state index is -3.51. The highest BCUT2D eigenvalue weighted by Crippen LogP contribution is 2.24. The van der Waals surface area contributed by atoms with Gasteiger partial charge in [-0.25, -0.2) is 13.1 Å². The van der Waals surface area contributed by atoms with Crippen molar-refractivity contribution in [2.75, 3.05) is 13.6 Å². The Morgan fingerprint density at radius 1 is 1.29 bits per heavy atom. The molecule has 0 aliphatic heterocycles. The normalized spacial score (nSPS) is 12.1. The highest BCUT2D eigenvalue weighted by atomic mass is 35.5. The van der Waals surface area contributed by atoms with Crippen molar-refractivity contribution in [2.45, 2.75) is 45.1 Å². The van der Waals surface area contributed by atoms with Crippen molar-refractivity contribution in [1.29, 1.82) is 0 Å². The lowest BCUT2D eigenvalue weighted by Crippen LogP contribution is -2.26. The summed E-state index contributed by atoms with van der Waals surface area (Å²) in [5.41, 5.74) is 1.64. The number of nitrogens with one attached hydrogen (secondary N) is 2. The SMILES string of the molecule is CNCc1cc(Cl)cc(S(=O)(=O)NCCCC(C)C)c1C. The molecule has 2 N–H and O–H groups in total. The van der Waals surface area contributed by atoms with Crippen LogP contribution in [0.1, 0.15) is 37.8 Å². The van der Waals surface area contributed by atoms with Crippen molar-refractivity contribution in [3.05, 3.63) is 28.3 Å². The van der Waals surface area contributed by atoms with E-state index in [0.29, 0.717) is 24.0 Å². The van der Waals surface area contributed by atoms with E-state index in [1.807, 2.05) is 14.0 Å². The molecule has 21 heavy (non-hydrogen) atoms. The fourth-order valence-corrected chi connectivity index (χ4v) is 3.85. The minimum absolute atomic E-state index is 0.268. The van der Waals surface area contributed by atoms with Gasteiger partial charge in [0.1, 0.15) is 0 Å². The van der Waals surface area contributed by atoms with Crippen LogP contribution in [-0.4, -0.2) is 22.0 Å². The number of sulfonamides is 1. The van der Waals surface area contributed by atoms with Crippen LogP contribution in [0.25, 0.3) is 0 Å². The van der Waals surface area contributed by atoms with E-state index in [-0.39, 0.29) is 4.90 Å². The summed E-state index contributed by atoms with van der Waals surface area (Å²) in [5.74, 6) is 0.574. The van der Waals surface area contributed by atoms with Crippen LogP contribution >= 0.6 is 11.6 Å². The quantitative estimate of drug-likeness (QED) is 0.719. The molecule has 1 rings (SSSR count). The van der Waals surface area contributed by atoms with Gasteiger partial charge >= 0.3 is 0 Å². The Labute approximate surface area is 133 Å². The Morgan fingerprint density at radius 2 is 1.95 bits per heavy atom. The van der Waals surface area contributed by atoms with E-state index in [4.69, 9.17) is 11.6 Å². The van der Waals surface area contributed by atoms with E-state index in [9.17, 15) is 8.42 Å². The van der Waals surface area contributed by atoms with Gasteiger partial charge in [0, 0.05) is 18.1 Å². The molecule has 0 fully saturated rings. The smallest absolute Gasteiger partial charge is 0.240 e. The molecule has 0 aromatic heterocycles. The Hall–Kier alpha value is -0.620. The Bertz CT molecular complexity index is 571. The summed E-state index contributed by atoms with van der Waals surface area (Å²) in [4.78, 5) is 0.268. The van der Waals surface area contributed by atoms with Gasteiger partial charge in [0.15, 0.2) is 0 Å². The number of hydrogen-bond acceptors (Lipinski definition) is 3. The molecule has 0 heterocycles. The maximum Gasteiger partial charge on any atom is 0.240 e.